The summed E-state index contributed by atoms with van der Waals surface area (Å²) in [5, 5.41) is 26.1. The third-order valence-corrected chi connectivity index (χ3v) is 7.20. The molecule has 0 saturated carbocycles. The number of nitrogens with one attached hydrogen (secondary N) is 2. The lowest BCUT2D eigenvalue weighted by atomic mass is 10.1. The van der Waals surface area contributed by atoms with Crippen molar-refractivity contribution >= 4 is 45.5 Å². The Morgan fingerprint density at radius 3 is 2.32 bits per heavy atom. The van der Waals surface area contributed by atoms with Gasteiger partial charge in [0.05, 0.1) is 21.5 Å². The fraction of sp³-hybridized carbons (Fsp3) is 0.208. The number of carboxylic acids is 1. The van der Waals surface area contributed by atoms with Crippen LogP contribution in [0, 0.1) is 0 Å². The molecule has 0 bridgehead atoms. The summed E-state index contributed by atoms with van der Waals surface area (Å²) in [5.74, 6) is -1.21. The van der Waals surface area contributed by atoms with Gasteiger partial charge in [0.15, 0.2) is 0 Å². The second-order valence-corrected chi connectivity index (χ2v) is 9.82. The lowest BCUT2D eigenvalue weighted by Gasteiger charge is -2.13. The molecule has 0 fully saturated rings. The number of benzene rings is 3. The molecule has 0 aliphatic carbocycles. The molecule has 4 N–H and O–H groups in total. The van der Waals surface area contributed by atoms with Crippen LogP contribution in [-0.2, 0) is 16.3 Å². The predicted molar refractivity (Wildman–Crippen MR) is 135 cm³/mol. The number of carboxylic acid groups (broad SMARTS) is 1. The number of sulfone groups is 1. The van der Waals surface area contributed by atoms with Crippen LogP contribution in [0.2, 0.25) is 5.02 Å². The first-order valence-electron chi connectivity index (χ1n) is 10.3. The molecule has 3 rings (SSSR count). The molecule has 0 aromatic heterocycles. The highest BCUT2D eigenvalue weighted by molar-refractivity contribution is 7.91. The highest BCUT2D eigenvalue weighted by Crippen LogP contribution is 2.26. The lowest BCUT2D eigenvalue weighted by Crippen LogP contribution is -2.23. The van der Waals surface area contributed by atoms with Gasteiger partial charge in [-0.3, -0.25) is 0 Å². The molecule has 0 aliphatic rings. The van der Waals surface area contributed by atoms with E-state index in [-0.39, 0.29) is 27.8 Å². The molecular formula is C24H26Cl2N2O5S. The molecular weight excluding hydrogens is 499 g/mol. The third kappa shape index (κ3) is 6.71. The Balaban J connectivity index is 0.00000408. The van der Waals surface area contributed by atoms with Crippen LogP contribution >= 0.6 is 24.0 Å². The smallest absolute Gasteiger partial charge is 0.337 e. The number of hydrogen-bond acceptors (Lipinski definition) is 6. The Kier molecular flexibility index (Phi) is 9.90. The van der Waals surface area contributed by atoms with E-state index in [1.54, 1.807) is 37.4 Å². The highest BCUT2D eigenvalue weighted by Gasteiger charge is 2.21. The maximum absolute atomic E-state index is 13.0. The lowest BCUT2D eigenvalue weighted by molar-refractivity contribution is 0.0697. The van der Waals surface area contributed by atoms with E-state index in [0.29, 0.717) is 30.2 Å². The molecule has 0 heterocycles. The van der Waals surface area contributed by atoms with Gasteiger partial charge in [0.25, 0.3) is 0 Å². The standard InChI is InChI=1S/C24H25ClN2O5S.ClH/c1-26-22-10-9-20(14-21(22)24(29)30)33(31,32)19-7-5-16(6-8-19)11-12-27-15-23(28)17-3-2-4-18(25)13-17;/h2-10,13-14,23,26-28H,11-12,15H2,1H3,(H,29,30);1H/t23-;/m1./s1. The molecule has 10 heteroatoms. The van der Waals surface area contributed by atoms with E-state index in [2.05, 4.69) is 10.6 Å². The van der Waals surface area contributed by atoms with Crippen molar-refractivity contribution in [3.8, 4) is 0 Å². The topological polar surface area (TPSA) is 116 Å². The summed E-state index contributed by atoms with van der Waals surface area (Å²) in [6.45, 7) is 0.957. The van der Waals surface area contributed by atoms with Gasteiger partial charge in [0.1, 0.15) is 0 Å². The summed E-state index contributed by atoms with van der Waals surface area (Å²) in [5.41, 5.74) is 1.89. The maximum atomic E-state index is 13.0. The van der Waals surface area contributed by atoms with Crippen LogP contribution in [-0.4, -0.2) is 44.7 Å². The molecule has 0 aliphatic heterocycles. The largest absolute Gasteiger partial charge is 0.478 e. The number of aliphatic hydroxyl groups excluding tert-OH is 1. The van der Waals surface area contributed by atoms with E-state index < -0.39 is 21.9 Å². The van der Waals surface area contributed by atoms with E-state index in [9.17, 15) is 23.4 Å². The van der Waals surface area contributed by atoms with Crippen molar-refractivity contribution in [2.75, 3.05) is 25.5 Å². The fourth-order valence-corrected chi connectivity index (χ4v) is 4.85. The summed E-state index contributed by atoms with van der Waals surface area (Å²) in [4.78, 5) is 11.4. The number of aliphatic hydroxyl groups is 1. The average Bonchev–Trinajstić information content (AvgIpc) is 2.81. The van der Waals surface area contributed by atoms with Crippen molar-refractivity contribution in [1.82, 2.24) is 5.32 Å². The summed E-state index contributed by atoms with van der Waals surface area (Å²) >= 11 is 5.95. The van der Waals surface area contributed by atoms with Gasteiger partial charge in [-0.1, -0.05) is 35.9 Å². The SMILES string of the molecule is CNc1ccc(S(=O)(=O)c2ccc(CCNC[C@@H](O)c3cccc(Cl)c3)cc2)cc1C(=O)O.Cl. The van der Waals surface area contributed by atoms with Gasteiger partial charge in [-0.15, -0.1) is 12.4 Å². The quantitative estimate of drug-likeness (QED) is 0.293. The van der Waals surface area contributed by atoms with E-state index in [4.69, 9.17) is 11.6 Å². The van der Waals surface area contributed by atoms with Crippen LogP contribution in [0.1, 0.15) is 27.6 Å². The van der Waals surface area contributed by atoms with E-state index in [1.165, 1.54) is 24.3 Å². The van der Waals surface area contributed by atoms with Crippen LogP contribution < -0.4 is 10.6 Å². The van der Waals surface area contributed by atoms with Crippen LogP contribution in [0.25, 0.3) is 0 Å². The number of anilines is 1. The number of carbonyl (C=O) groups is 1. The van der Waals surface area contributed by atoms with Crippen molar-refractivity contribution in [3.05, 3.63) is 88.4 Å². The zero-order valence-electron chi connectivity index (χ0n) is 18.4. The molecule has 0 saturated heterocycles. The average molecular weight is 525 g/mol. The molecule has 182 valence electrons. The Hall–Kier alpha value is -2.62. The Labute approximate surface area is 210 Å². The highest BCUT2D eigenvalue weighted by atomic mass is 35.5. The molecule has 1 atom stereocenters. The Bertz CT molecular complexity index is 1230. The Morgan fingerprint density at radius 1 is 1.03 bits per heavy atom. The monoisotopic (exact) mass is 524 g/mol. The first kappa shape index (κ1) is 27.6. The zero-order chi connectivity index (χ0) is 24.0. The normalized spacial score (nSPS) is 12.0. The Morgan fingerprint density at radius 2 is 1.71 bits per heavy atom. The van der Waals surface area contributed by atoms with Gasteiger partial charge in [0, 0.05) is 24.3 Å². The molecule has 0 radical (unpaired) electrons. The molecule has 0 unspecified atom stereocenters. The van der Waals surface area contributed by atoms with Crippen molar-refractivity contribution in [1.29, 1.82) is 0 Å². The molecule has 7 nitrogen and oxygen atoms in total. The second kappa shape index (κ2) is 12.2. The number of aromatic carboxylic acids is 1. The summed E-state index contributed by atoms with van der Waals surface area (Å²) < 4.78 is 25.9. The van der Waals surface area contributed by atoms with Gasteiger partial charge in [-0.2, -0.15) is 0 Å². The third-order valence-electron chi connectivity index (χ3n) is 5.20. The number of rotatable bonds is 10. The summed E-state index contributed by atoms with van der Waals surface area (Å²) in [7, 11) is -2.29. The predicted octanol–water partition coefficient (Wildman–Crippen LogP) is 4.20. The minimum Gasteiger partial charge on any atom is -0.478 e. The summed E-state index contributed by atoms with van der Waals surface area (Å²) in [6, 6.07) is 17.5. The van der Waals surface area contributed by atoms with Gasteiger partial charge < -0.3 is 20.8 Å². The zero-order valence-corrected chi connectivity index (χ0v) is 20.8. The molecule has 3 aromatic rings. The van der Waals surface area contributed by atoms with Crippen molar-refractivity contribution in [3.63, 3.8) is 0 Å². The van der Waals surface area contributed by atoms with Gasteiger partial charge >= 0.3 is 5.97 Å². The number of hydrogen-bond donors (Lipinski definition) is 4. The molecule has 0 amide bonds. The molecule has 0 spiro atoms. The van der Waals surface area contributed by atoms with Crippen LogP contribution in [0.5, 0.6) is 0 Å². The second-order valence-electron chi connectivity index (χ2n) is 7.43. The molecule has 34 heavy (non-hydrogen) atoms. The van der Waals surface area contributed by atoms with Crippen LogP contribution in [0.4, 0.5) is 5.69 Å². The van der Waals surface area contributed by atoms with Crippen molar-refractivity contribution < 1.29 is 23.4 Å². The van der Waals surface area contributed by atoms with E-state index >= 15 is 0 Å². The minimum absolute atomic E-state index is 0. The van der Waals surface area contributed by atoms with E-state index in [0.717, 1.165) is 17.2 Å². The van der Waals surface area contributed by atoms with E-state index in [1.807, 2.05) is 6.07 Å². The molecule has 3 aromatic carbocycles. The van der Waals surface area contributed by atoms with Gasteiger partial charge in [-0.05, 0) is 66.6 Å². The van der Waals surface area contributed by atoms with Gasteiger partial charge in [0.2, 0.25) is 9.84 Å². The minimum atomic E-state index is -3.86. The van der Waals surface area contributed by atoms with Crippen molar-refractivity contribution in [2.45, 2.75) is 22.3 Å². The van der Waals surface area contributed by atoms with Gasteiger partial charge in [-0.25, -0.2) is 13.2 Å². The fourth-order valence-electron chi connectivity index (χ4n) is 3.36. The maximum Gasteiger partial charge on any atom is 0.337 e. The first-order valence-corrected chi connectivity index (χ1v) is 12.1. The first-order chi connectivity index (χ1) is 15.7. The number of halogens is 2. The van der Waals surface area contributed by atoms with Crippen LogP contribution in [0.15, 0.2) is 76.5 Å². The van der Waals surface area contributed by atoms with Crippen molar-refractivity contribution in [2.24, 2.45) is 0 Å². The van der Waals surface area contributed by atoms with Crippen LogP contribution in [0.3, 0.4) is 0 Å². The summed E-state index contributed by atoms with van der Waals surface area (Å²) in [6.07, 6.45) is -0.0379.